The first-order chi connectivity index (χ1) is 20.6. The quantitative estimate of drug-likeness (QED) is 0.384. The van der Waals surface area contributed by atoms with Crippen molar-refractivity contribution in [3.63, 3.8) is 0 Å². The van der Waals surface area contributed by atoms with Gasteiger partial charge in [0.05, 0.1) is 42.8 Å². The molecule has 1 saturated carbocycles. The van der Waals surface area contributed by atoms with Gasteiger partial charge in [0.15, 0.2) is 0 Å². The second-order valence-corrected chi connectivity index (χ2v) is 11.1. The van der Waals surface area contributed by atoms with Gasteiger partial charge >= 0.3 is 12.1 Å². The summed E-state index contributed by atoms with van der Waals surface area (Å²) in [6, 6.07) is 7.38. The molecule has 3 heterocycles. The number of hydrogen-bond donors (Lipinski definition) is 2. The lowest BCUT2D eigenvalue weighted by Crippen LogP contribution is -2.47. The number of nitrogens with one attached hydrogen (secondary N) is 1. The topological polar surface area (TPSA) is 117 Å². The van der Waals surface area contributed by atoms with Gasteiger partial charge in [-0.15, -0.1) is 0 Å². The van der Waals surface area contributed by atoms with E-state index in [9.17, 15) is 19.5 Å². The van der Waals surface area contributed by atoms with Crippen molar-refractivity contribution in [1.82, 2.24) is 9.88 Å². The zero-order chi connectivity index (χ0) is 30.4. The molecule has 2 aliphatic heterocycles. The number of rotatable bonds is 7. The molecule has 0 radical (unpaired) electrons. The number of carboxylic acid groups (broad SMARTS) is 1. The highest BCUT2D eigenvalue weighted by Gasteiger charge is 2.33. The summed E-state index contributed by atoms with van der Waals surface area (Å²) in [6.07, 6.45) is 2.00. The number of cyclic esters (lactones) is 1. The van der Waals surface area contributed by atoms with Gasteiger partial charge in [0.1, 0.15) is 23.3 Å². The minimum absolute atomic E-state index is 0.0387. The van der Waals surface area contributed by atoms with Gasteiger partial charge in [0, 0.05) is 43.8 Å². The maximum absolute atomic E-state index is 15.3. The third kappa shape index (κ3) is 5.54. The van der Waals surface area contributed by atoms with E-state index in [-0.39, 0.29) is 35.3 Å². The summed E-state index contributed by atoms with van der Waals surface area (Å²) in [4.78, 5) is 41.9. The van der Waals surface area contributed by atoms with Crippen LogP contribution in [0.5, 0.6) is 0 Å². The van der Waals surface area contributed by atoms with Crippen LogP contribution in [0.4, 0.5) is 30.6 Å². The van der Waals surface area contributed by atoms with Gasteiger partial charge in [-0.25, -0.2) is 18.4 Å². The van der Waals surface area contributed by atoms with Gasteiger partial charge in [-0.1, -0.05) is 0 Å². The molecule has 226 valence electrons. The van der Waals surface area contributed by atoms with E-state index in [4.69, 9.17) is 21.7 Å². The third-order valence-corrected chi connectivity index (χ3v) is 8.32. The van der Waals surface area contributed by atoms with E-state index in [2.05, 4.69) is 5.32 Å². The van der Waals surface area contributed by atoms with E-state index in [1.54, 1.807) is 22.8 Å². The lowest BCUT2D eigenvalue weighted by atomic mass is 10.1. The number of methoxy groups -OCH3 is 1. The first-order valence-corrected chi connectivity index (χ1v) is 14.3. The Kier molecular flexibility index (Phi) is 7.54. The number of hydrogen-bond acceptors (Lipinski definition) is 8. The molecule has 3 aromatic rings. The van der Waals surface area contributed by atoms with Crippen LogP contribution < -0.4 is 25.4 Å². The zero-order valence-electron chi connectivity index (χ0n) is 23.2. The van der Waals surface area contributed by atoms with Crippen molar-refractivity contribution in [3.05, 3.63) is 63.9 Å². The largest absolute Gasteiger partial charge is 0.477 e. The number of thiocarbonyl (C=S) groups is 1. The molecule has 11 nitrogen and oxygen atoms in total. The van der Waals surface area contributed by atoms with Crippen LogP contribution in [0.15, 0.2) is 41.3 Å². The number of anilines is 3. The normalized spacial score (nSPS) is 18.6. The first kappa shape index (κ1) is 28.6. The lowest BCUT2D eigenvalue weighted by molar-refractivity contribution is 0.0694. The highest BCUT2D eigenvalue weighted by atomic mass is 32.1. The second-order valence-electron chi connectivity index (χ2n) is 10.7. The molecule has 43 heavy (non-hydrogen) atoms. The summed E-state index contributed by atoms with van der Waals surface area (Å²) >= 11 is 4.94. The fourth-order valence-corrected chi connectivity index (χ4v) is 5.71. The van der Waals surface area contributed by atoms with Gasteiger partial charge in [-0.05, 0) is 55.4 Å². The Morgan fingerprint density at radius 1 is 1.07 bits per heavy atom. The summed E-state index contributed by atoms with van der Waals surface area (Å²) in [7, 11) is 1.43. The van der Waals surface area contributed by atoms with Crippen LogP contribution in [0.25, 0.3) is 10.9 Å². The molecule has 2 saturated heterocycles. The average Bonchev–Trinajstić information content (AvgIpc) is 3.77. The summed E-state index contributed by atoms with van der Waals surface area (Å²) in [5, 5.41) is 12.5. The summed E-state index contributed by atoms with van der Waals surface area (Å²) in [6.45, 7) is 2.07. The number of aromatic nitrogens is 1. The molecule has 3 aliphatic rings. The number of aromatic carboxylic acids is 1. The van der Waals surface area contributed by atoms with Crippen LogP contribution in [0, 0.1) is 11.6 Å². The highest BCUT2D eigenvalue weighted by molar-refractivity contribution is 7.80. The summed E-state index contributed by atoms with van der Waals surface area (Å²) < 4.78 is 42.6. The van der Waals surface area contributed by atoms with Crippen molar-refractivity contribution in [2.75, 3.05) is 61.1 Å². The number of pyridine rings is 1. The number of ether oxygens (including phenoxy) is 2. The lowest BCUT2D eigenvalue weighted by Gasteiger charge is -2.37. The number of benzene rings is 2. The Bertz CT molecular complexity index is 1690. The van der Waals surface area contributed by atoms with Crippen LogP contribution in [-0.2, 0) is 9.47 Å². The molecule has 6 rings (SSSR count). The van der Waals surface area contributed by atoms with Crippen LogP contribution in [0.2, 0.25) is 0 Å². The average molecular weight is 614 g/mol. The first-order valence-electron chi connectivity index (χ1n) is 13.9. The number of amides is 1. The molecule has 0 unspecified atom stereocenters. The molecule has 2 aromatic carbocycles. The van der Waals surface area contributed by atoms with Crippen LogP contribution in [0.1, 0.15) is 29.2 Å². The van der Waals surface area contributed by atoms with Crippen molar-refractivity contribution in [3.8, 4) is 0 Å². The van der Waals surface area contributed by atoms with Crippen molar-refractivity contribution >= 4 is 57.4 Å². The number of piperazine rings is 1. The second kappa shape index (κ2) is 11.3. The van der Waals surface area contributed by atoms with Crippen molar-refractivity contribution in [1.29, 1.82) is 0 Å². The number of carboxylic acids is 1. The molecular formula is C29H29F2N5O6S. The van der Waals surface area contributed by atoms with Crippen LogP contribution >= 0.6 is 12.2 Å². The minimum atomic E-state index is -1.34. The smallest absolute Gasteiger partial charge is 0.414 e. The zero-order valence-corrected chi connectivity index (χ0v) is 24.0. The molecule has 1 aliphatic carbocycles. The molecule has 1 amide bonds. The SMILES string of the molecule is COC(=S)NC[C@H]1CN(c2ccc(N3CCN(c4cc5c(cc4F)c(=O)c(C(=O)O)cn5C4CC4)CC3)c(F)c2)C(=O)O1. The Morgan fingerprint density at radius 2 is 1.74 bits per heavy atom. The number of carbonyl (C=O) groups is 2. The van der Waals surface area contributed by atoms with E-state index in [1.165, 1.54) is 24.3 Å². The molecule has 0 bridgehead atoms. The minimum Gasteiger partial charge on any atom is -0.477 e. The highest BCUT2D eigenvalue weighted by Crippen LogP contribution is 2.38. The maximum atomic E-state index is 15.3. The Hall–Kier alpha value is -4.46. The fraction of sp³-hybridized carbons (Fsp3) is 0.379. The number of carbonyl (C=O) groups excluding carboxylic acids is 1. The number of halogens is 2. The van der Waals surface area contributed by atoms with Gasteiger partial charge in [-0.2, -0.15) is 0 Å². The van der Waals surface area contributed by atoms with Crippen molar-refractivity contribution in [2.45, 2.75) is 25.0 Å². The van der Waals surface area contributed by atoms with E-state index >= 15 is 8.78 Å². The molecule has 2 N–H and O–H groups in total. The molecule has 0 spiro atoms. The van der Waals surface area contributed by atoms with Crippen molar-refractivity contribution in [2.24, 2.45) is 0 Å². The standard InChI is InChI=1S/C29H29F2N5O6S/c1-41-28(43)32-13-18-14-36(29(40)42-18)17-4-5-23(21(30)10-17)33-6-8-34(9-7-33)25-12-24-19(11-22(25)31)26(37)20(27(38)39)15-35(24)16-2-3-16/h4-5,10-12,15-16,18H,2-3,6-9,13-14H2,1H3,(H,32,43)(H,38,39)/t18-/m0/s1. The van der Waals surface area contributed by atoms with Crippen LogP contribution in [0.3, 0.4) is 0 Å². The predicted octanol–water partition coefficient (Wildman–Crippen LogP) is 3.49. The Morgan fingerprint density at radius 3 is 2.37 bits per heavy atom. The molecule has 3 fully saturated rings. The van der Waals surface area contributed by atoms with Gasteiger partial charge in [0.2, 0.25) is 5.43 Å². The molecule has 1 atom stereocenters. The van der Waals surface area contributed by atoms with Gasteiger partial charge < -0.3 is 34.3 Å². The maximum Gasteiger partial charge on any atom is 0.414 e. The van der Waals surface area contributed by atoms with E-state index in [0.717, 1.165) is 18.9 Å². The molecular weight excluding hydrogens is 584 g/mol. The third-order valence-electron chi connectivity index (χ3n) is 8.01. The summed E-state index contributed by atoms with van der Waals surface area (Å²) in [5.41, 5.74) is 0.451. The van der Waals surface area contributed by atoms with Gasteiger partial charge in [0.25, 0.3) is 5.17 Å². The molecule has 1 aromatic heterocycles. The Labute approximate surface area is 250 Å². The van der Waals surface area contributed by atoms with E-state index < -0.39 is 35.2 Å². The van der Waals surface area contributed by atoms with E-state index in [0.29, 0.717) is 48.8 Å². The number of fused-ring (bicyclic) bond motifs is 1. The van der Waals surface area contributed by atoms with Crippen molar-refractivity contribution < 1.29 is 33.0 Å². The van der Waals surface area contributed by atoms with E-state index in [1.807, 2.05) is 9.80 Å². The number of nitrogens with zero attached hydrogens (tertiary/aromatic N) is 4. The van der Waals surface area contributed by atoms with Crippen LogP contribution in [-0.4, -0.2) is 79.4 Å². The molecule has 14 heteroatoms. The summed E-state index contributed by atoms with van der Waals surface area (Å²) in [5.74, 6) is -2.46. The van der Waals surface area contributed by atoms with Gasteiger partial charge in [-0.3, -0.25) is 9.69 Å². The monoisotopic (exact) mass is 613 g/mol. The predicted molar refractivity (Wildman–Crippen MR) is 159 cm³/mol. The fourth-order valence-electron chi connectivity index (χ4n) is 5.62. The Balaban J connectivity index is 1.16.